The van der Waals surface area contributed by atoms with Crippen LogP contribution in [0.25, 0.3) is 0 Å². The topological polar surface area (TPSA) is 52.6 Å². The normalized spacial score (nSPS) is 12.7. The zero-order valence-electron chi connectivity index (χ0n) is 33.3. The number of carbonyl (C=O) groups excluding carboxylic acids is 2. The van der Waals surface area contributed by atoms with E-state index in [0.29, 0.717) is 26.1 Å². The van der Waals surface area contributed by atoms with Gasteiger partial charge in [0, 0.05) is 12.8 Å². The van der Waals surface area contributed by atoms with Crippen molar-refractivity contribution < 1.29 is 19.1 Å². The molecule has 0 unspecified atom stereocenters. The van der Waals surface area contributed by atoms with E-state index < -0.39 is 0 Å². The van der Waals surface area contributed by atoms with Crippen LogP contribution in [0.3, 0.4) is 0 Å². The highest BCUT2D eigenvalue weighted by Crippen LogP contribution is 2.34. The summed E-state index contributed by atoms with van der Waals surface area (Å²) >= 11 is 0. The number of carbonyl (C=O) groups is 2. The molecule has 0 atom stereocenters. The number of hydrogen-bond acceptors (Lipinski definition) is 4. The Kier molecular flexibility index (Phi) is 31.6. The van der Waals surface area contributed by atoms with Crippen LogP contribution in [0.2, 0.25) is 0 Å². The number of unbranched alkanes of at least 4 members (excludes halogenated alkanes) is 16. The Bertz CT molecular complexity index is 820. The minimum absolute atomic E-state index is 0.0969. The maximum absolute atomic E-state index is 12.4. The molecule has 0 radical (unpaired) electrons. The molecule has 4 nitrogen and oxygen atoms in total. The average Bonchev–Trinajstić information content (AvgIpc) is 3.06. The molecule has 0 fully saturated rings. The Labute approximate surface area is 305 Å². The van der Waals surface area contributed by atoms with Crippen molar-refractivity contribution in [3.63, 3.8) is 0 Å². The van der Waals surface area contributed by atoms with E-state index in [1.807, 2.05) is 0 Å². The van der Waals surface area contributed by atoms with Crippen molar-refractivity contribution in [3.8, 4) is 0 Å². The summed E-state index contributed by atoms with van der Waals surface area (Å²) in [5, 5.41) is 0. The highest BCUT2D eigenvalue weighted by atomic mass is 16.5. The van der Waals surface area contributed by atoms with Gasteiger partial charge in [0.15, 0.2) is 0 Å². The van der Waals surface area contributed by atoms with Crippen molar-refractivity contribution in [2.75, 3.05) is 13.2 Å². The molecule has 0 saturated heterocycles. The molecule has 0 aliphatic carbocycles. The molecule has 0 aromatic carbocycles. The highest BCUT2D eigenvalue weighted by Gasteiger charge is 2.31. The van der Waals surface area contributed by atoms with Crippen molar-refractivity contribution in [2.24, 2.45) is 10.8 Å². The summed E-state index contributed by atoms with van der Waals surface area (Å²) in [5.74, 6) is -0.194. The molecule has 0 N–H and O–H groups in total. The predicted octanol–water partition coefficient (Wildman–Crippen LogP) is 14.1. The SMILES string of the molecule is CCCCC/C=C/C/C=C/CCCCCCCC(=O)OCC(C)(C)CC(C)(C)COC(=O)CCCCCCC/C=C/C/C=C/CCCCC. The molecule has 0 aromatic rings. The van der Waals surface area contributed by atoms with E-state index in [4.69, 9.17) is 9.47 Å². The van der Waals surface area contributed by atoms with Gasteiger partial charge >= 0.3 is 11.9 Å². The van der Waals surface area contributed by atoms with Gasteiger partial charge in [0.1, 0.15) is 0 Å². The molecule has 0 aromatic heterocycles. The van der Waals surface area contributed by atoms with E-state index in [1.54, 1.807) is 0 Å². The number of esters is 2. The van der Waals surface area contributed by atoms with E-state index in [-0.39, 0.29) is 22.8 Å². The van der Waals surface area contributed by atoms with E-state index in [2.05, 4.69) is 90.2 Å². The summed E-state index contributed by atoms with van der Waals surface area (Å²) in [6, 6.07) is 0. The van der Waals surface area contributed by atoms with E-state index in [9.17, 15) is 9.59 Å². The number of hydrogen-bond donors (Lipinski definition) is 0. The Balaban J connectivity index is 3.84. The fourth-order valence-corrected chi connectivity index (χ4v) is 6.26. The van der Waals surface area contributed by atoms with E-state index in [0.717, 1.165) is 57.8 Å². The van der Waals surface area contributed by atoms with Gasteiger partial charge in [0.25, 0.3) is 0 Å². The third-order valence-electron chi connectivity index (χ3n) is 8.87. The second kappa shape index (κ2) is 33.1. The molecule has 0 bridgehead atoms. The molecule has 49 heavy (non-hydrogen) atoms. The molecule has 0 aliphatic rings. The second-order valence-electron chi connectivity index (χ2n) is 15.8. The van der Waals surface area contributed by atoms with Crippen LogP contribution in [0.5, 0.6) is 0 Å². The summed E-state index contributed by atoms with van der Waals surface area (Å²) in [5.41, 5.74) is -0.353. The number of allylic oxidation sites excluding steroid dienone is 8. The smallest absolute Gasteiger partial charge is 0.305 e. The lowest BCUT2D eigenvalue weighted by Gasteiger charge is -2.34. The van der Waals surface area contributed by atoms with Crippen molar-refractivity contribution in [3.05, 3.63) is 48.6 Å². The third kappa shape index (κ3) is 35.5. The Morgan fingerprint density at radius 3 is 1.08 bits per heavy atom. The molecule has 0 amide bonds. The molecule has 0 aliphatic heterocycles. The number of rotatable bonds is 34. The monoisotopic (exact) mass is 685 g/mol. The Morgan fingerprint density at radius 2 is 0.735 bits per heavy atom. The lowest BCUT2D eigenvalue weighted by molar-refractivity contribution is -0.149. The fourth-order valence-electron chi connectivity index (χ4n) is 6.26. The van der Waals surface area contributed by atoms with Gasteiger partial charge in [0.05, 0.1) is 13.2 Å². The summed E-state index contributed by atoms with van der Waals surface area (Å²) in [6.45, 7) is 13.8. The maximum atomic E-state index is 12.4. The highest BCUT2D eigenvalue weighted by molar-refractivity contribution is 5.69. The van der Waals surface area contributed by atoms with Gasteiger partial charge in [-0.2, -0.15) is 0 Å². The van der Waals surface area contributed by atoms with Crippen LogP contribution in [-0.4, -0.2) is 25.2 Å². The van der Waals surface area contributed by atoms with Gasteiger partial charge < -0.3 is 9.47 Å². The zero-order valence-corrected chi connectivity index (χ0v) is 33.3. The predicted molar refractivity (Wildman–Crippen MR) is 213 cm³/mol. The van der Waals surface area contributed by atoms with Crippen LogP contribution >= 0.6 is 0 Å². The minimum Gasteiger partial charge on any atom is -0.465 e. The average molecular weight is 685 g/mol. The van der Waals surface area contributed by atoms with E-state index >= 15 is 0 Å². The summed E-state index contributed by atoms with van der Waals surface area (Å²) in [6.07, 6.45) is 46.0. The zero-order chi connectivity index (χ0) is 36.3. The van der Waals surface area contributed by atoms with Gasteiger partial charge in [-0.1, -0.05) is 154 Å². The van der Waals surface area contributed by atoms with Crippen LogP contribution in [0, 0.1) is 10.8 Å². The lowest BCUT2D eigenvalue weighted by atomic mass is 9.76. The third-order valence-corrected chi connectivity index (χ3v) is 8.87. The van der Waals surface area contributed by atoms with Crippen LogP contribution < -0.4 is 0 Å². The first-order valence-corrected chi connectivity index (χ1v) is 20.5. The fraction of sp³-hybridized carbons (Fsp3) is 0.778. The molecule has 0 saturated carbocycles. The van der Waals surface area contributed by atoms with Crippen LogP contribution in [0.4, 0.5) is 0 Å². The quantitative estimate of drug-likeness (QED) is 0.0384. The summed E-state index contributed by atoms with van der Waals surface area (Å²) < 4.78 is 11.3. The first-order chi connectivity index (χ1) is 23.6. The molecule has 4 heteroatoms. The summed E-state index contributed by atoms with van der Waals surface area (Å²) in [4.78, 5) is 24.7. The standard InChI is InChI=1S/C45H80O4/c1-7-9-11-13-15-17-19-21-23-25-27-29-31-33-35-37-42(46)48-40-44(3,4)39-45(5,6)41-49-43(47)38-36-34-32-30-28-26-24-22-20-18-16-14-12-10-8-2/h15-18,21-24H,7-14,19-20,25-41H2,1-6H3/b17-15+,18-16+,23-21+,24-22+. The second-order valence-corrected chi connectivity index (χ2v) is 15.8. The first kappa shape index (κ1) is 46.9. The van der Waals surface area contributed by atoms with Gasteiger partial charge in [-0.05, 0) is 94.3 Å². The largest absolute Gasteiger partial charge is 0.465 e. The van der Waals surface area contributed by atoms with Crippen molar-refractivity contribution in [1.29, 1.82) is 0 Å². The first-order valence-electron chi connectivity index (χ1n) is 20.5. The van der Waals surface area contributed by atoms with Crippen molar-refractivity contribution in [2.45, 2.75) is 202 Å². The van der Waals surface area contributed by atoms with Gasteiger partial charge in [-0.15, -0.1) is 0 Å². The van der Waals surface area contributed by atoms with Crippen molar-refractivity contribution in [1.82, 2.24) is 0 Å². The molecule has 0 rings (SSSR count). The molecular formula is C45H80O4. The lowest BCUT2D eigenvalue weighted by Crippen LogP contribution is -2.32. The Hall–Kier alpha value is -2.10. The van der Waals surface area contributed by atoms with Crippen LogP contribution in [-0.2, 0) is 19.1 Å². The minimum atomic E-state index is -0.177. The van der Waals surface area contributed by atoms with Gasteiger partial charge in [-0.25, -0.2) is 0 Å². The van der Waals surface area contributed by atoms with Crippen LogP contribution in [0.15, 0.2) is 48.6 Å². The molecule has 284 valence electrons. The molecule has 0 spiro atoms. The summed E-state index contributed by atoms with van der Waals surface area (Å²) in [7, 11) is 0. The van der Waals surface area contributed by atoms with E-state index in [1.165, 1.54) is 89.9 Å². The molecule has 0 heterocycles. The number of ether oxygens (including phenoxy) is 2. The van der Waals surface area contributed by atoms with Gasteiger partial charge in [-0.3, -0.25) is 9.59 Å². The Morgan fingerprint density at radius 1 is 0.429 bits per heavy atom. The maximum Gasteiger partial charge on any atom is 0.305 e. The van der Waals surface area contributed by atoms with Crippen molar-refractivity contribution >= 4 is 11.9 Å². The van der Waals surface area contributed by atoms with Gasteiger partial charge in [0.2, 0.25) is 0 Å². The van der Waals surface area contributed by atoms with Crippen LogP contribution in [0.1, 0.15) is 202 Å². The molecular weight excluding hydrogens is 604 g/mol.